The van der Waals surface area contributed by atoms with Crippen LogP contribution in [0.25, 0.3) is 0 Å². The summed E-state index contributed by atoms with van der Waals surface area (Å²) >= 11 is 1.49. The molecule has 2 saturated heterocycles. The minimum absolute atomic E-state index is 0.0211. The number of nitrogens with two attached hydrogens (primary N) is 3. The molecule has 406 valence electrons. The van der Waals surface area contributed by atoms with E-state index in [0.29, 0.717) is 49.1 Å². The van der Waals surface area contributed by atoms with Crippen molar-refractivity contribution in [1.82, 2.24) is 42.1 Å². The molecule has 4 rings (SSSR count). The molecule has 0 unspecified atom stereocenters. The number of likely N-dealkylation sites (tertiary alicyclic amines) is 1. The SMILES string of the molecule is CCC[C@@]1(C(=O)N[C@H](CC(C)C)C(=O)N[C@@H](CCSC)C(N)=O)CCCN1C(=O)[C@H](Cc1ccccc1)NC(=O)[C@H](Cc1ccccc1)NC(=O)[C@H](CCC(N)=O)NC(=O)[C@H](CCC(N)=O)NC(=O)[C@@H]1CCCN1. The first-order valence-electron chi connectivity index (χ1n) is 25.6. The zero-order valence-corrected chi connectivity index (χ0v) is 43.9. The number of hydrogen-bond donors (Lipinski definition) is 10. The molecule has 2 aliphatic rings. The minimum Gasteiger partial charge on any atom is -0.370 e. The van der Waals surface area contributed by atoms with Crippen molar-refractivity contribution in [3.63, 3.8) is 0 Å². The van der Waals surface area contributed by atoms with Crippen molar-refractivity contribution in [2.75, 3.05) is 25.1 Å². The molecule has 2 aromatic rings. The van der Waals surface area contributed by atoms with Gasteiger partial charge in [-0.05, 0) is 93.4 Å². The van der Waals surface area contributed by atoms with Crippen LogP contribution in [0, 0.1) is 5.92 Å². The van der Waals surface area contributed by atoms with Crippen LogP contribution in [0.4, 0.5) is 0 Å². The number of carbonyl (C=O) groups is 10. The predicted octanol–water partition coefficient (Wildman–Crippen LogP) is 0.109. The minimum atomic E-state index is -1.48. The highest BCUT2D eigenvalue weighted by atomic mass is 32.2. The highest BCUT2D eigenvalue weighted by Crippen LogP contribution is 2.35. The fraction of sp³-hybridized carbons (Fsp3) is 0.577. The van der Waals surface area contributed by atoms with Gasteiger partial charge in [-0.3, -0.25) is 47.9 Å². The van der Waals surface area contributed by atoms with Crippen molar-refractivity contribution in [3.8, 4) is 0 Å². The zero-order chi connectivity index (χ0) is 54.4. The molecule has 13 N–H and O–H groups in total. The van der Waals surface area contributed by atoms with Gasteiger partial charge < -0.3 is 59.3 Å². The molecule has 0 bridgehead atoms. The Labute approximate surface area is 437 Å². The predicted molar refractivity (Wildman–Crippen MR) is 280 cm³/mol. The van der Waals surface area contributed by atoms with Gasteiger partial charge in [0, 0.05) is 32.2 Å². The van der Waals surface area contributed by atoms with Crippen molar-refractivity contribution in [2.24, 2.45) is 23.1 Å². The Morgan fingerprint density at radius 1 is 0.662 bits per heavy atom. The molecule has 2 aromatic carbocycles. The van der Waals surface area contributed by atoms with Crippen molar-refractivity contribution in [3.05, 3.63) is 71.8 Å². The Balaban J connectivity index is 1.68. The maximum Gasteiger partial charge on any atom is 0.246 e. The molecule has 2 fully saturated rings. The number of benzene rings is 2. The molecule has 2 aliphatic heterocycles. The summed E-state index contributed by atoms with van der Waals surface area (Å²) in [6.45, 7) is 6.41. The third kappa shape index (κ3) is 18.4. The third-order valence-electron chi connectivity index (χ3n) is 13.3. The fourth-order valence-corrected chi connectivity index (χ4v) is 9.89. The molecule has 74 heavy (non-hydrogen) atoms. The standard InChI is InChI=1S/C52H77N11O10S/c1-5-24-52(51(73)62-39(29-32(2)3)48(70)57-35(44(55)66)23-28-74-4)25-13-27-63(52)50(72)41(31-34-16-10-7-11-17-34)61-49(71)40(30-33-14-8-6-9-15-33)60-47(69)38(20-22-43(54)65)59-46(68)37(19-21-42(53)64)58-45(67)36-18-12-26-56-36/h6-11,14-17,32,35-41,56H,5,12-13,18-31H2,1-4H3,(H2,53,64)(H2,54,65)(H2,55,66)(H,57,70)(H,58,67)(H,59,68)(H,60,69)(H,61,71)(H,62,73)/t35-,36-,37-,38-,39+,40-,41-,52-/m0/s1. The van der Waals surface area contributed by atoms with Crippen LogP contribution in [0.2, 0.25) is 0 Å². The summed E-state index contributed by atoms with van der Waals surface area (Å²) in [4.78, 5) is 138. The van der Waals surface area contributed by atoms with Crippen LogP contribution in [0.3, 0.4) is 0 Å². The second-order valence-electron chi connectivity index (χ2n) is 19.6. The van der Waals surface area contributed by atoms with Gasteiger partial charge in [0.25, 0.3) is 0 Å². The molecule has 0 aliphatic carbocycles. The van der Waals surface area contributed by atoms with E-state index in [-0.39, 0.29) is 70.3 Å². The van der Waals surface area contributed by atoms with E-state index in [9.17, 15) is 43.2 Å². The lowest BCUT2D eigenvalue weighted by atomic mass is 9.87. The number of nitrogens with one attached hydrogen (secondary N) is 7. The Morgan fingerprint density at radius 3 is 1.69 bits per heavy atom. The molecule has 0 aromatic heterocycles. The van der Waals surface area contributed by atoms with Gasteiger partial charge in [-0.15, -0.1) is 0 Å². The Kier molecular flexibility index (Phi) is 24.3. The number of carbonyl (C=O) groups excluding carboxylic acids is 10. The van der Waals surface area contributed by atoms with Gasteiger partial charge in [0.15, 0.2) is 0 Å². The quantitative estimate of drug-likeness (QED) is 0.0481. The molecule has 0 spiro atoms. The summed E-state index contributed by atoms with van der Waals surface area (Å²) in [6, 6.07) is 9.60. The summed E-state index contributed by atoms with van der Waals surface area (Å²) in [5, 5.41) is 19.6. The number of hydrogen-bond acceptors (Lipinski definition) is 12. The van der Waals surface area contributed by atoms with Gasteiger partial charge in [0.2, 0.25) is 59.1 Å². The van der Waals surface area contributed by atoms with Crippen molar-refractivity contribution < 1.29 is 47.9 Å². The van der Waals surface area contributed by atoms with Crippen LogP contribution in [0.1, 0.15) is 109 Å². The summed E-state index contributed by atoms with van der Waals surface area (Å²) in [7, 11) is 0. The Hall–Kier alpha value is -6.55. The number of amides is 10. The molecule has 0 radical (unpaired) electrons. The lowest BCUT2D eigenvalue weighted by molar-refractivity contribution is -0.149. The van der Waals surface area contributed by atoms with Gasteiger partial charge >= 0.3 is 0 Å². The Bertz CT molecular complexity index is 2250. The van der Waals surface area contributed by atoms with E-state index in [0.717, 1.165) is 6.42 Å². The molecular weight excluding hydrogens is 971 g/mol. The molecule has 2 heterocycles. The second-order valence-corrected chi connectivity index (χ2v) is 20.5. The van der Waals surface area contributed by atoms with Gasteiger partial charge in [0.05, 0.1) is 6.04 Å². The largest absolute Gasteiger partial charge is 0.370 e. The van der Waals surface area contributed by atoms with Crippen molar-refractivity contribution in [2.45, 2.75) is 158 Å². The first kappa shape index (κ1) is 60.0. The topological polar surface area (TPSA) is 336 Å². The zero-order valence-electron chi connectivity index (χ0n) is 43.1. The smallest absolute Gasteiger partial charge is 0.246 e. The second kappa shape index (κ2) is 30.0. The van der Waals surface area contributed by atoms with Gasteiger partial charge in [-0.2, -0.15) is 11.8 Å². The third-order valence-corrected chi connectivity index (χ3v) is 13.9. The lowest BCUT2D eigenvalue weighted by Crippen LogP contribution is -2.64. The Morgan fingerprint density at radius 2 is 1.18 bits per heavy atom. The van der Waals surface area contributed by atoms with E-state index in [1.165, 1.54) is 16.7 Å². The average Bonchev–Trinajstić information content (AvgIpc) is 4.07. The lowest BCUT2D eigenvalue weighted by Gasteiger charge is -2.40. The summed E-state index contributed by atoms with van der Waals surface area (Å²) in [5.41, 5.74) is 16.4. The van der Waals surface area contributed by atoms with Gasteiger partial charge in [0.1, 0.15) is 41.8 Å². The summed E-state index contributed by atoms with van der Waals surface area (Å²) in [6.07, 6.45) is 3.79. The highest BCUT2D eigenvalue weighted by Gasteiger charge is 2.51. The van der Waals surface area contributed by atoms with Crippen LogP contribution >= 0.6 is 11.8 Å². The molecule has 21 nitrogen and oxygen atoms in total. The average molecular weight is 1050 g/mol. The van der Waals surface area contributed by atoms with Crippen LogP contribution in [0.15, 0.2) is 60.7 Å². The maximum absolute atomic E-state index is 15.3. The number of nitrogens with zero attached hydrogens (tertiary/aromatic N) is 1. The van der Waals surface area contributed by atoms with Crippen LogP contribution in [-0.2, 0) is 60.8 Å². The van der Waals surface area contributed by atoms with E-state index in [1.807, 2.05) is 27.0 Å². The number of primary amides is 3. The van der Waals surface area contributed by atoms with Crippen molar-refractivity contribution >= 4 is 70.8 Å². The monoisotopic (exact) mass is 1050 g/mol. The van der Waals surface area contributed by atoms with E-state index in [1.54, 1.807) is 60.7 Å². The normalized spacial score (nSPS) is 18.7. The van der Waals surface area contributed by atoms with Gasteiger partial charge in [-0.25, -0.2) is 0 Å². The highest BCUT2D eigenvalue weighted by molar-refractivity contribution is 7.98. The summed E-state index contributed by atoms with van der Waals surface area (Å²) in [5.74, 6) is -6.42. The first-order chi connectivity index (χ1) is 35.3. The van der Waals surface area contributed by atoms with Gasteiger partial charge in [-0.1, -0.05) is 87.9 Å². The van der Waals surface area contributed by atoms with Crippen LogP contribution in [0.5, 0.6) is 0 Å². The summed E-state index contributed by atoms with van der Waals surface area (Å²) < 4.78 is 0. The first-order valence-corrected chi connectivity index (χ1v) is 27.0. The molecule has 10 amide bonds. The maximum atomic E-state index is 15.3. The number of thioether (sulfide) groups is 1. The van der Waals surface area contributed by atoms with Crippen LogP contribution < -0.4 is 54.4 Å². The van der Waals surface area contributed by atoms with E-state index >= 15 is 4.79 Å². The van der Waals surface area contributed by atoms with Crippen molar-refractivity contribution in [1.29, 1.82) is 0 Å². The van der Waals surface area contributed by atoms with Crippen LogP contribution in [-0.4, -0.2) is 137 Å². The molecule has 22 heteroatoms. The number of rotatable bonds is 31. The van der Waals surface area contributed by atoms with E-state index in [4.69, 9.17) is 17.2 Å². The molecule has 8 atom stereocenters. The van der Waals surface area contributed by atoms with E-state index < -0.39 is 107 Å². The van der Waals surface area contributed by atoms with E-state index in [2.05, 4.69) is 37.2 Å². The fourth-order valence-electron chi connectivity index (χ4n) is 9.42. The molecular formula is C52H77N11O10S. The molecule has 0 saturated carbocycles.